The van der Waals surface area contributed by atoms with Crippen LogP contribution in [0.3, 0.4) is 0 Å². The highest BCUT2D eigenvalue weighted by Crippen LogP contribution is 2.12. The Bertz CT molecular complexity index is 448. The lowest BCUT2D eigenvalue weighted by molar-refractivity contribution is 0.188. The first kappa shape index (κ1) is 12.7. The normalized spacial score (nSPS) is 16.6. The molecule has 1 aliphatic rings. The molecule has 0 aliphatic carbocycles. The van der Waals surface area contributed by atoms with Gasteiger partial charge in [0, 0.05) is 38.4 Å². The van der Waals surface area contributed by atoms with E-state index in [1.165, 1.54) is 0 Å². The summed E-state index contributed by atoms with van der Waals surface area (Å²) >= 11 is 0. The number of hydrogen-bond acceptors (Lipinski definition) is 6. The molecule has 1 fully saturated rings. The van der Waals surface area contributed by atoms with E-state index in [1.54, 1.807) is 6.07 Å². The van der Waals surface area contributed by atoms with E-state index in [0.717, 1.165) is 31.9 Å². The molecule has 18 heavy (non-hydrogen) atoms. The predicted molar refractivity (Wildman–Crippen MR) is 67.2 cm³/mol. The minimum Gasteiger partial charge on any atom is -0.395 e. The second kappa shape index (κ2) is 5.76. The van der Waals surface area contributed by atoms with E-state index in [9.17, 15) is 0 Å². The van der Waals surface area contributed by atoms with Gasteiger partial charge in [-0.25, -0.2) is 9.97 Å². The lowest BCUT2D eigenvalue weighted by Crippen LogP contribution is -2.47. The van der Waals surface area contributed by atoms with Gasteiger partial charge in [0.25, 0.3) is 0 Å². The van der Waals surface area contributed by atoms with Crippen LogP contribution in [0.15, 0.2) is 6.07 Å². The van der Waals surface area contributed by atoms with Crippen molar-refractivity contribution in [3.8, 4) is 6.07 Å². The van der Waals surface area contributed by atoms with E-state index < -0.39 is 0 Å². The summed E-state index contributed by atoms with van der Waals surface area (Å²) in [5.41, 5.74) is 1.23. The fraction of sp³-hybridized carbons (Fsp3) is 0.583. The van der Waals surface area contributed by atoms with Crippen molar-refractivity contribution in [1.29, 1.82) is 5.26 Å². The molecule has 96 valence electrons. The second-order valence-electron chi connectivity index (χ2n) is 4.36. The van der Waals surface area contributed by atoms with Crippen molar-refractivity contribution in [2.45, 2.75) is 6.92 Å². The molecule has 0 atom stereocenters. The summed E-state index contributed by atoms with van der Waals surface area (Å²) in [6.07, 6.45) is 0. The van der Waals surface area contributed by atoms with Crippen LogP contribution in [0.25, 0.3) is 0 Å². The predicted octanol–water partition coefficient (Wildman–Crippen LogP) is -0.229. The fourth-order valence-corrected chi connectivity index (χ4v) is 2.06. The Kier molecular flexibility index (Phi) is 4.07. The Hall–Kier alpha value is -1.71. The van der Waals surface area contributed by atoms with Gasteiger partial charge in [0.1, 0.15) is 11.8 Å². The number of nitrogens with zero attached hydrogens (tertiary/aromatic N) is 5. The molecule has 6 nitrogen and oxygen atoms in total. The van der Waals surface area contributed by atoms with E-state index in [2.05, 4.69) is 25.8 Å². The van der Waals surface area contributed by atoms with Gasteiger partial charge in [0.05, 0.1) is 6.61 Å². The van der Waals surface area contributed by atoms with Crippen molar-refractivity contribution in [2.24, 2.45) is 0 Å². The summed E-state index contributed by atoms with van der Waals surface area (Å²) in [6, 6.07) is 3.74. The largest absolute Gasteiger partial charge is 0.395 e. The Morgan fingerprint density at radius 2 is 2.06 bits per heavy atom. The molecule has 0 spiro atoms. The molecule has 2 heterocycles. The SMILES string of the molecule is Cc1cc(C#N)nc(N2CCN(CCO)CC2)n1. The monoisotopic (exact) mass is 247 g/mol. The lowest BCUT2D eigenvalue weighted by atomic mass is 10.3. The molecule has 0 unspecified atom stereocenters. The number of hydrogen-bond donors (Lipinski definition) is 1. The Morgan fingerprint density at radius 1 is 1.33 bits per heavy atom. The molecule has 0 amide bonds. The van der Waals surface area contributed by atoms with Gasteiger partial charge in [0.15, 0.2) is 0 Å². The number of β-amino-alcohol motifs (C(OH)–C–C–N with tert-alkyl or cyclic N) is 1. The van der Waals surface area contributed by atoms with Crippen molar-refractivity contribution < 1.29 is 5.11 Å². The summed E-state index contributed by atoms with van der Waals surface area (Å²) in [5, 5.41) is 17.8. The average molecular weight is 247 g/mol. The number of aryl methyl sites for hydroxylation is 1. The van der Waals surface area contributed by atoms with E-state index in [0.29, 0.717) is 18.2 Å². The number of anilines is 1. The third kappa shape index (κ3) is 2.94. The molecule has 0 bridgehead atoms. The van der Waals surface area contributed by atoms with Crippen LogP contribution >= 0.6 is 0 Å². The summed E-state index contributed by atoms with van der Waals surface area (Å²) in [4.78, 5) is 12.9. The van der Waals surface area contributed by atoms with Crippen LogP contribution in [0.2, 0.25) is 0 Å². The van der Waals surface area contributed by atoms with Gasteiger partial charge in [-0.1, -0.05) is 0 Å². The van der Waals surface area contributed by atoms with Gasteiger partial charge in [-0.15, -0.1) is 0 Å². The van der Waals surface area contributed by atoms with Crippen molar-refractivity contribution >= 4 is 5.95 Å². The molecule has 0 saturated carbocycles. The summed E-state index contributed by atoms with van der Waals surface area (Å²) < 4.78 is 0. The molecule has 0 radical (unpaired) electrons. The number of piperazine rings is 1. The van der Waals surface area contributed by atoms with Gasteiger partial charge in [0.2, 0.25) is 5.95 Å². The highest BCUT2D eigenvalue weighted by atomic mass is 16.3. The molecule has 2 rings (SSSR count). The smallest absolute Gasteiger partial charge is 0.226 e. The Morgan fingerprint density at radius 3 is 2.67 bits per heavy atom. The van der Waals surface area contributed by atoms with Crippen molar-refractivity contribution in [2.75, 3.05) is 44.2 Å². The first-order chi connectivity index (χ1) is 8.72. The minimum atomic E-state index is 0.194. The quantitative estimate of drug-likeness (QED) is 0.795. The zero-order valence-electron chi connectivity index (χ0n) is 10.5. The van der Waals surface area contributed by atoms with E-state index >= 15 is 0 Å². The standard InChI is InChI=1S/C12H17N5O/c1-10-8-11(9-13)15-12(14-10)17-4-2-16(3-5-17)6-7-18/h8,18H,2-7H2,1H3. The Balaban J connectivity index is 2.05. The molecule has 1 aromatic heterocycles. The highest BCUT2D eigenvalue weighted by Gasteiger charge is 2.19. The second-order valence-corrected chi connectivity index (χ2v) is 4.36. The van der Waals surface area contributed by atoms with Gasteiger partial charge >= 0.3 is 0 Å². The number of nitriles is 1. The highest BCUT2D eigenvalue weighted by molar-refractivity contribution is 5.36. The number of rotatable bonds is 3. The van der Waals surface area contributed by atoms with Crippen molar-refractivity contribution in [3.63, 3.8) is 0 Å². The summed E-state index contributed by atoms with van der Waals surface area (Å²) in [6.45, 7) is 6.21. The fourth-order valence-electron chi connectivity index (χ4n) is 2.06. The van der Waals surface area contributed by atoms with Crippen LogP contribution in [0.4, 0.5) is 5.95 Å². The van der Waals surface area contributed by atoms with Crippen LogP contribution in [-0.2, 0) is 0 Å². The topological polar surface area (TPSA) is 76.3 Å². The van der Waals surface area contributed by atoms with Crippen molar-refractivity contribution in [1.82, 2.24) is 14.9 Å². The van der Waals surface area contributed by atoms with Crippen molar-refractivity contribution in [3.05, 3.63) is 17.5 Å². The van der Waals surface area contributed by atoms with Crippen LogP contribution in [0.5, 0.6) is 0 Å². The summed E-state index contributed by atoms with van der Waals surface area (Å²) in [5.74, 6) is 0.634. The molecular weight excluding hydrogens is 230 g/mol. The first-order valence-electron chi connectivity index (χ1n) is 6.07. The van der Waals surface area contributed by atoms with Gasteiger partial charge in [-0.2, -0.15) is 5.26 Å². The number of aromatic nitrogens is 2. The van der Waals surface area contributed by atoms with E-state index in [-0.39, 0.29) is 6.61 Å². The first-order valence-corrected chi connectivity index (χ1v) is 6.07. The third-order valence-electron chi connectivity index (χ3n) is 3.03. The van der Waals surface area contributed by atoms with E-state index in [1.807, 2.05) is 6.92 Å². The van der Waals surface area contributed by atoms with Gasteiger partial charge < -0.3 is 10.0 Å². The van der Waals surface area contributed by atoms with Crippen LogP contribution in [0.1, 0.15) is 11.4 Å². The molecular formula is C12H17N5O. The minimum absolute atomic E-state index is 0.194. The lowest BCUT2D eigenvalue weighted by Gasteiger charge is -2.34. The molecule has 0 aromatic carbocycles. The summed E-state index contributed by atoms with van der Waals surface area (Å²) in [7, 11) is 0. The molecule has 6 heteroatoms. The molecule has 1 aromatic rings. The zero-order chi connectivity index (χ0) is 13.0. The van der Waals surface area contributed by atoms with Gasteiger partial charge in [-0.3, -0.25) is 4.90 Å². The molecule has 1 aliphatic heterocycles. The Labute approximate surface area is 106 Å². The maximum absolute atomic E-state index is 8.90. The maximum atomic E-state index is 8.90. The zero-order valence-corrected chi connectivity index (χ0v) is 10.5. The number of aliphatic hydroxyl groups excluding tert-OH is 1. The number of aliphatic hydroxyl groups is 1. The molecule has 1 N–H and O–H groups in total. The van der Waals surface area contributed by atoms with Gasteiger partial charge in [-0.05, 0) is 13.0 Å². The van der Waals surface area contributed by atoms with E-state index in [4.69, 9.17) is 10.4 Å². The average Bonchev–Trinajstić information content (AvgIpc) is 2.39. The molecule has 1 saturated heterocycles. The maximum Gasteiger partial charge on any atom is 0.226 e. The van der Waals surface area contributed by atoms with Crippen LogP contribution in [0, 0.1) is 18.3 Å². The van der Waals surface area contributed by atoms with Crippen LogP contribution in [-0.4, -0.2) is 59.3 Å². The van der Waals surface area contributed by atoms with Crippen LogP contribution < -0.4 is 4.90 Å². The third-order valence-corrected chi connectivity index (χ3v) is 3.03.